The molecule has 0 atom stereocenters. The molecule has 0 spiro atoms. The lowest BCUT2D eigenvalue weighted by atomic mass is 9.98. The smallest absolute Gasteiger partial charge is 0.431 e. The van der Waals surface area contributed by atoms with E-state index in [4.69, 9.17) is 28.8 Å². The summed E-state index contributed by atoms with van der Waals surface area (Å²) in [7, 11) is 0. The molecule has 29 heavy (non-hydrogen) atoms. The zero-order chi connectivity index (χ0) is 22.2. The molecule has 0 aliphatic heterocycles. The highest BCUT2D eigenvalue weighted by Gasteiger charge is 2.71. The molecule has 0 aromatic heterocycles. The summed E-state index contributed by atoms with van der Waals surface area (Å²) in [6, 6.07) is 0. The predicted octanol–water partition coefficient (Wildman–Crippen LogP) is 3.15. The Balaban J connectivity index is 3.57. The van der Waals surface area contributed by atoms with Crippen LogP contribution in [0.4, 0.5) is 30.7 Å². The van der Waals surface area contributed by atoms with Gasteiger partial charge in [-0.3, -0.25) is 0 Å². The van der Waals surface area contributed by atoms with Crippen LogP contribution in [-0.2, 0) is 23.7 Å². The third-order valence-electron chi connectivity index (χ3n) is 3.26. The Morgan fingerprint density at radius 2 is 1.00 bits per heavy atom. The highest BCUT2D eigenvalue weighted by atomic mass is 19.4. The first-order valence-electron chi connectivity index (χ1n) is 8.61. The first kappa shape index (κ1) is 27.7. The van der Waals surface area contributed by atoms with Gasteiger partial charge in [0.2, 0.25) is 0 Å². The number of alkyl halides is 7. The van der Waals surface area contributed by atoms with Crippen LogP contribution in [-0.4, -0.2) is 82.6 Å². The van der Waals surface area contributed by atoms with Crippen molar-refractivity contribution < 1.29 is 59.5 Å². The molecule has 0 aromatic carbocycles. The minimum absolute atomic E-state index is 0.0457. The Labute approximate surface area is 163 Å². The van der Waals surface area contributed by atoms with Gasteiger partial charge in [-0.05, 0) is 6.42 Å². The van der Waals surface area contributed by atoms with E-state index in [1.807, 2.05) is 0 Å². The molecule has 0 heterocycles. The summed E-state index contributed by atoms with van der Waals surface area (Å²) >= 11 is 0. The number of rotatable bonds is 17. The van der Waals surface area contributed by atoms with E-state index in [9.17, 15) is 30.7 Å². The number of ether oxygens (including phenoxy) is 5. The number of halogens is 7. The van der Waals surface area contributed by atoms with Gasteiger partial charge in [-0.15, -0.1) is 0 Å². The quantitative estimate of drug-likeness (QED) is 0.210. The van der Waals surface area contributed by atoms with Crippen molar-refractivity contribution in [2.75, 3.05) is 59.5 Å². The van der Waals surface area contributed by atoms with Gasteiger partial charge < -0.3 is 28.8 Å². The molecule has 0 saturated carbocycles. The fourth-order valence-electron chi connectivity index (χ4n) is 1.78. The Kier molecular flexibility index (Phi) is 14.0. The molecule has 0 rings (SSSR count). The molecule has 0 fully saturated rings. The van der Waals surface area contributed by atoms with Crippen molar-refractivity contribution in [1.29, 1.82) is 0 Å². The van der Waals surface area contributed by atoms with Gasteiger partial charge in [-0.25, -0.2) is 4.39 Å². The lowest BCUT2D eigenvalue weighted by molar-refractivity contribution is -0.343. The highest BCUT2D eigenvalue weighted by molar-refractivity contribution is 4.94. The Morgan fingerprint density at radius 3 is 1.45 bits per heavy atom. The minimum atomic E-state index is -6.04. The van der Waals surface area contributed by atoms with E-state index >= 15 is 0 Å². The maximum atomic E-state index is 13.3. The Bertz CT molecular complexity index is 415. The Hall–Kier alpha value is -1.31. The zero-order valence-electron chi connectivity index (χ0n) is 15.6. The fourth-order valence-corrected chi connectivity index (χ4v) is 1.78. The predicted molar refractivity (Wildman–Crippen MR) is 85.8 cm³/mol. The van der Waals surface area contributed by atoms with E-state index in [1.54, 1.807) is 0 Å². The molecule has 0 bridgehead atoms. The molecule has 0 unspecified atom stereocenters. The van der Waals surface area contributed by atoms with Gasteiger partial charge in [-0.1, -0.05) is 0 Å². The molecule has 0 aromatic rings. The third-order valence-corrected chi connectivity index (χ3v) is 3.26. The number of hydrogen-bond acceptors (Lipinski definition) is 6. The van der Waals surface area contributed by atoms with Gasteiger partial charge in [-0.2, -0.15) is 26.3 Å². The van der Waals surface area contributed by atoms with Gasteiger partial charge in [0.1, 0.15) is 25.7 Å². The van der Waals surface area contributed by atoms with Gasteiger partial charge in [0.25, 0.3) is 5.67 Å². The largest absolute Gasteiger partial charge is 0.496 e. The van der Waals surface area contributed by atoms with Crippen LogP contribution in [0.5, 0.6) is 0 Å². The first-order chi connectivity index (χ1) is 13.6. The summed E-state index contributed by atoms with van der Waals surface area (Å²) in [4.78, 5) is 0. The lowest BCUT2D eigenvalue weighted by Crippen LogP contribution is -2.53. The van der Waals surface area contributed by atoms with Crippen LogP contribution in [0.1, 0.15) is 12.8 Å². The summed E-state index contributed by atoms with van der Waals surface area (Å²) in [5.74, 6) is 0. The van der Waals surface area contributed by atoms with Crippen LogP contribution in [0.3, 0.4) is 0 Å². The van der Waals surface area contributed by atoms with Crippen molar-refractivity contribution in [3.05, 3.63) is 12.5 Å². The molecule has 0 aliphatic rings. The fraction of sp³-hybridized carbons (Fsp3) is 0.875. The van der Waals surface area contributed by atoms with Crippen LogP contribution in [0.2, 0.25) is 0 Å². The average molecular weight is 446 g/mol. The van der Waals surface area contributed by atoms with Crippen LogP contribution in [0.15, 0.2) is 12.5 Å². The zero-order valence-corrected chi connectivity index (χ0v) is 15.6. The summed E-state index contributed by atoms with van der Waals surface area (Å²) in [5, 5.41) is 8.44. The molecule has 1 N–H and O–H groups in total. The van der Waals surface area contributed by atoms with Crippen LogP contribution in [0, 0.1) is 0 Å². The molecule has 6 nitrogen and oxygen atoms in total. The molecule has 174 valence electrons. The second-order valence-electron chi connectivity index (χ2n) is 5.47. The van der Waals surface area contributed by atoms with E-state index in [0.717, 1.165) is 0 Å². The van der Waals surface area contributed by atoms with E-state index in [2.05, 4.69) is 0 Å². The van der Waals surface area contributed by atoms with Crippen molar-refractivity contribution in [3.8, 4) is 0 Å². The molecule has 0 radical (unpaired) electrons. The van der Waals surface area contributed by atoms with Gasteiger partial charge in [0, 0.05) is 13.0 Å². The van der Waals surface area contributed by atoms with Crippen LogP contribution < -0.4 is 0 Å². The second-order valence-corrected chi connectivity index (χ2v) is 5.47. The summed E-state index contributed by atoms with van der Waals surface area (Å²) in [6.45, 7) is 0.515. The molecule has 0 saturated heterocycles. The standard InChI is InChI=1S/C16H25F7O6/c17-14(15(18,19)20,16(21,22)23)2-1-4-25-6-8-27-10-12-29-13-11-28-9-7-26-5-3-24/h7,9,24H,1-6,8,10-13H2/b9-7-. The number of aliphatic hydroxyl groups is 1. The van der Waals surface area contributed by atoms with Crippen LogP contribution in [0.25, 0.3) is 0 Å². The van der Waals surface area contributed by atoms with E-state index < -0.39 is 37.5 Å². The number of aliphatic hydroxyl groups excluding tert-OH is 1. The van der Waals surface area contributed by atoms with E-state index in [0.29, 0.717) is 0 Å². The second kappa shape index (κ2) is 14.6. The molecular formula is C16H25F7O6. The van der Waals surface area contributed by atoms with Crippen molar-refractivity contribution in [2.45, 2.75) is 30.9 Å². The van der Waals surface area contributed by atoms with Crippen molar-refractivity contribution >= 4 is 0 Å². The normalized spacial score (nSPS) is 13.2. The monoisotopic (exact) mass is 446 g/mol. The lowest BCUT2D eigenvalue weighted by Gasteiger charge is -2.29. The summed E-state index contributed by atoms with van der Waals surface area (Å²) < 4.78 is 112. The Morgan fingerprint density at radius 1 is 0.586 bits per heavy atom. The SMILES string of the molecule is OCCO/C=C\OCCOCCOCCOCCCC(F)(C(F)(F)F)C(F)(F)F. The van der Waals surface area contributed by atoms with E-state index in [-0.39, 0.29) is 52.9 Å². The van der Waals surface area contributed by atoms with Crippen LogP contribution >= 0.6 is 0 Å². The first-order valence-corrected chi connectivity index (χ1v) is 8.61. The maximum absolute atomic E-state index is 13.3. The average Bonchev–Trinajstić information content (AvgIpc) is 2.62. The topological polar surface area (TPSA) is 66.4 Å². The van der Waals surface area contributed by atoms with E-state index in [1.165, 1.54) is 12.5 Å². The summed E-state index contributed by atoms with van der Waals surface area (Å²) in [6.07, 6.45) is -12.0. The molecule has 13 heteroatoms. The molecule has 0 aliphatic carbocycles. The van der Waals surface area contributed by atoms with Gasteiger partial charge >= 0.3 is 12.4 Å². The third kappa shape index (κ3) is 12.1. The molecule has 0 amide bonds. The maximum Gasteiger partial charge on any atom is 0.431 e. The number of hydrogen-bond donors (Lipinski definition) is 1. The van der Waals surface area contributed by atoms with Crippen molar-refractivity contribution in [1.82, 2.24) is 0 Å². The van der Waals surface area contributed by atoms with Gasteiger partial charge in [0.05, 0.1) is 39.6 Å². The summed E-state index contributed by atoms with van der Waals surface area (Å²) in [5.41, 5.74) is -5.25. The molecular weight excluding hydrogens is 421 g/mol. The highest BCUT2D eigenvalue weighted by Crippen LogP contribution is 2.48. The van der Waals surface area contributed by atoms with Gasteiger partial charge in [0.15, 0.2) is 0 Å². The minimum Gasteiger partial charge on any atom is -0.496 e. The van der Waals surface area contributed by atoms with Crippen molar-refractivity contribution in [3.63, 3.8) is 0 Å². The van der Waals surface area contributed by atoms with Crippen molar-refractivity contribution in [2.24, 2.45) is 0 Å².